The molecular formula is C13H9ClFN3. The minimum atomic E-state index is -0.404. The van der Waals surface area contributed by atoms with E-state index in [0.29, 0.717) is 22.6 Å². The number of benzene rings is 2. The van der Waals surface area contributed by atoms with E-state index in [1.165, 1.54) is 18.2 Å². The molecule has 0 unspecified atom stereocenters. The Balaban J connectivity index is 2.32. The van der Waals surface area contributed by atoms with E-state index in [4.69, 9.17) is 22.6 Å². The normalized spacial score (nSPS) is 9.83. The van der Waals surface area contributed by atoms with Gasteiger partial charge >= 0.3 is 0 Å². The Bertz CT molecular complexity index is 635. The fourth-order valence-corrected chi connectivity index (χ4v) is 1.70. The number of anilines is 3. The first-order valence-electron chi connectivity index (χ1n) is 5.12. The van der Waals surface area contributed by atoms with E-state index in [1.807, 2.05) is 6.07 Å². The van der Waals surface area contributed by atoms with Gasteiger partial charge in [0.05, 0.1) is 33.7 Å². The highest BCUT2D eigenvalue weighted by Gasteiger charge is 2.05. The zero-order valence-corrected chi connectivity index (χ0v) is 10.0. The SMILES string of the molecule is N#Cc1ccc(Nc2ccc(F)cc2Cl)c(N)c1. The molecule has 3 N–H and O–H groups in total. The third-order valence-electron chi connectivity index (χ3n) is 2.38. The number of nitrogens with two attached hydrogens (primary N) is 1. The van der Waals surface area contributed by atoms with Crippen molar-refractivity contribution in [3.05, 3.63) is 52.8 Å². The standard InChI is InChI=1S/C13H9ClFN3/c14-10-6-9(15)2-4-12(10)18-13-3-1-8(7-16)5-11(13)17/h1-6,18H,17H2. The van der Waals surface area contributed by atoms with Crippen LogP contribution < -0.4 is 11.1 Å². The van der Waals surface area contributed by atoms with Crippen LogP contribution in [0.3, 0.4) is 0 Å². The van der Waals surface area contributed by atoms with Crippen LogP contribution in [0.5, 0.6) is 0 Å². The number of nitrogens with zero attached hydrogens (tertiary/aromatic N) is 1. The number of halogens is 2. The predicted octanol–water partition coefficient (Wildman–Crippen LogP) is 3.68. The van der Waals surface area contributed by atoms with Gasteiger partial charge in [0.15, 0.2) is 0 Å². The van der Waals surface area contributed by atoms with Crippen molar-refractivity contribution < 1.29 is 4.39 Å². The Morgan fingerprint density at radius 3 is 2.50 bits per heavy atom. The maximum atomic E-state index is 12.9. The number of hydrogen-bond acceptors (Lipinski definition) is 3. The summed E-state index contributed by atoms with van der Waals surface area (Å²) < 4.78 is 12.9. The minimum Gasteiger partial charge on any atom is -0.397 e. The highest BCUT2D eigenvalue weighted by atomic mass is 35.5. The summed E-state index contributed by atoms with van der Waals surface area (Å²) in [5.41, 5.74) is 7.86. The topological polar surface area (TPSA) is 61.8 Å². The monoisotopic (exact) mass is 261 g/mol. The molecule has 0 amide bonds. The molecule has 3 nitrogen and oxygen atoms in total. The lowest BCUT2D eigenvalue weighted by Gasteiger charge is -2.10. The molecule has 0 saturated carbocycles. The van der Waals surface area contributed by atoms with Crippen molar-refractivity contribution >= 4 is 28.7 Å². The Labute approximate surface area is 109 Å². The lowest BCUT2D eigenvalue weighted by atomic mass is 10.2. The van der Waals surface area contributed by atoms with Crippen molar-refractivity contribution in [2.75, 3.05) is 11.1 Å². The molecule has 0 aliphatic rings. The summed E-state index contributed by atoms with van der Waals surface area (Å²) in [6.45, 7) is 0. The molecule has 2 aromatic rings. The third kappa shape index (κ3) is 2.53. The van der Waals surface area contributed by atoms with Gasteiger partial charge in [0.2, 0.25) is 0 Å². The van der Waals surface area contributed by atoms with E-state index in [-0.39, 0.29) is 5.02 Å². The highest BCUT2D eigenvalue weighted by molar-refractivity contribution is 6.33. The molecule has 18 heavy (non-hydrogen) atoms. The van der Waals surface area contributed by atoms with Gasteiger partial charge in [-0.25, -0.2) is 4.39 Å². The summed E-state index contributed by atoms with van der Waals surface area (Å²) in [5, 5.41) is 12.0. The van der Waals surface area contributed by atoms with Crippen molar-refractivity contribution in [2.45, 2.75) is 0 Å². The molecule has 0 heterocycles. The van der Waals surface area contributed by atoms with Gasteiger partial charge in [0.25, 0.3) is 0 Å². The van der Waals surface area contributed by atoms with Crippen molar-refractivity contribution in [3.8, 4) is 6.07 Å². The first-order chi connectivity index (χ1) is 8.60. The third-order valence-corrected chi connectivity index (χ3v) is 2.69. The van der Waals surface area contributed by atoms with Gasteiger partial charge in [0, 0.05) is 0 Å². The summed E-state index contributed by atoms with van der Waals surface area (Å²) in [5.74, 6) is -0.404. The van der Waals surface area contributed by atoms with Crippen LogP contribution in [-0.2, 0) is 0 Å². The molecule has 0 bridgehead atoms. The molecule has 0 aliphatic heterocycles. The largest absolute Gasteiger partial charge is 0.397 e. The van der Waals surface area contributed by atoms with Crippen molar-refractivity contribution in [3.63, 3.8) is 0 Å². The number of rotatable bonds is 2. The zero-order valence-electron chi connectivity index (χ0n) is 9.24. The van der Waals surface area contributed by atoms with Crippen LogP contribution in [0, 0.1) is 17.1 Å². The number of nitrogens with one attached hydrogen (secondary N) is 1. The molecule has 2 rings (SSSR count). The Hall–Kier alpha value is -2.25. The van der Waals surface area contributed by atoms with Gasteiger partial charge in [-0.15, -0.1) is 0 Å². The number of nitrogen functional groups attached to an aromatic ring is 1. The molecule has 0 radical (unpaired) electrons. The maximum absolute atomic E-state index is 12.9. The molecule has 0 saturated heterocycles. The quantitative estimate of drug-likeness (QED) is 0.811. The first-order valence-corrected chi connectivity index (χ1v) is 5.49. The summed E-state index contributed by atoms with van der Waals surface area (Å²) in [4.78, 5) is 0. The molecule has 2 aromatic carbocycles. The fourth-order valence-electron chi connectivity index (χ4n) is 1.48. The van der Waals surface area contributed by atoms with E-state index in [9.17, 15) is 4.39 Å². The lowest BCUT2D eigenvalue weighted by Crippen LogP contribution is -1.97. The second-order valence-corrected chi connectivity index (χ2v) is 4.07. The van der Waals surface area contributed by atoms with Crippen LogP contribution >= 0.6 is 11.6 Å². The van der Waals surface area contributed by atoms with Crippen LogP contribution in [0.25, 0.3) is 0 Å². The Morgan fingerprint density at radius 1 is 1.17 bits per heavy atom. The molecule has 0 atom stereocenters. The van der Waals surface area contributed by atoms with Gasteiger partial charge in [0.1, 0.15) is 5.82 Å². The van der Waals surface area contributed by atoms with Gasteiger partial charge in [-0.1, -0.05) is 11.6 Å². The molecule has 90 valence electrons. The van der Waals surface area contributed by atoms with Crippen LogP contribution in [0.4, 0.5) is 21.5 Å². The van der Waals surface area contributed by atoms with E-state index in [0.717, 1.165) is 0 Å². The lowest BCUT2D eigenvalue weighted by molar-refractivity contribution is 0.628. The molecule has 5 heteroatoms. The molecule has 0 aromatic heterocycles. The van der Waals surface area contributed by atoms with Crippen molar-refractivity contribution in [1.82, 2.24) is 0 Å². The predicted molar refractivity (Wildman–Crippen MR) is 70.3 cm³/mol. The minimum absolute atomic E-state index is 0.263. The summed E-state index contributed by atoms with van der Waals surface area (Å²) in [6.07, 6.45) is 0. The maximum Gasteiger partial charge on any atom is 0.124 e. The molecule has 0 fully saturated rings. The van der Waals surface area contributed by atoms with Gasteiger partial charge in [-0.3, -0.25) is 0 Å². The smallest absolute Gasteiger partial charge is 0.124 e. The van der Waals surface area contributed by atoms with E-state index in [1.54, 1.807) is 18.2 Å². The average molecular weight is 262 g/mol. The number of hydrogen-bond donors (Lipinski definition) is 2. The summed E-state index contributed by atoms with van der Waals surface area (Å²) in [7, 11) is 0. The van der Waals surface area contributed by atoms with Crippen molar-refractivity contribution in [1.29, 1.82) is 5.26 Å². The van der Waals surface area contributed by atoms with Crippen LogP contribution in [0.1, 0.15) is 5.56 Å². The van der Waals surface area contributed by atoms with Crippen LogP contribution in [0.15, 0.2) is 36.4 Å². The van der Waals surface area contributed by atoms with E-state index < -0.39 is 5.82 Å². The van der Waals surface area contributed by atoms with Gasteiger partial charge < -0.3 is 11.1 Å². The van der Waals surface area contributed by atoms with E-state index >= 15 is 0 Å². The molecule has 0 spiro atoms. The van der Waals surface area contributed by atoms with Gasteiger partial charge in [-0.2, -0.15) is 5.26 Å². The average Bonchev–Trinajstić information content (AvgIpc) is 2.34. The summed E-state index contributed by atoms with van der Waals surface area (Å²) >= 11 is 5.89. The Kier molecular flexibility index (Phi) is 3.35. The van der Waals surface area contributed by atoms with Gasteiger partial charge in [-0.05, 0) is 36.4 Å². The van der Waals surface area contributed by atoms with Crippen LogP contribution in [-0.4, -0.2) is 0 Å². The zero-order chi connectivity index (χ0) is 13.1. The first kappa shape index (κ1) is 12.2. The fraction of sp³-hybridized carbons (Fsp3) is 0. The van der Waals surface area contributed by atoms with E-state index in [2.05, 4.69) is 5.32 Å². The summed E-state index contributed by atoms with van der Waals surface area (Å²) in [6, 6.07) is 10.9. The highest BCUT2D eigenvalue weighted by Crippen LogP contribution is 2.29. The van der Waals surface area contributed by atoms with Crippen LogP contribution in [0.2, 0.25) is 5.02 Å². The molecular weight excluding hydrogens is 253 g/mol. The number of nitriles is 1. The van der Waals surface area contributed by atoms with Crippen molar-refractivity contribution in [2.24, 2.45) is 0 Å². The molecule has 0 aliphatic carbocycles. The second kappa shape index (κ2) is 4.94. The Morgan fingerprint density at radius 2 is 1.89 bits per heavy atom. The second-order valence-electron chi connectivity index (χ2n) is 3.66.